The Labute approximate surface area is 171 Å². The van der Waals surface area contributed by atoms with Gasteiger partial charge in [-0.1, -0.05) is 104 Å². The third-order valence-electron chi connectivity index (χ3n) is 5.80. The molecule has 0 aliphatic carbocycles. The maximum atomic E-state index is 2.34. The predicted molar refractivity (Wildman–Crippen MR) is 120 cm³/mol. The van der Waals surface area contributed by atoms with Crippen LogP contribution in [0.5, 0.6) is 0 Å². The number of unbranched alkanes of at least 4 members (excludes halogenated alkanes) is 15. The average molecular weight is 375 g/mol. The van der Waals surface area contributed by atoms with Crippen LogP contribution in [0.2, 0.25) is 0 Å². The summed E-state index contributed by atoms with van der Waals surface area (Å²) in [5.74, 6) is 0. The molecular weight excluding hydrogens is 326 g/mol. The Kier molecular flexibility index (Phi) is 16.6. The highest BCUT2D eigenvalue weighted by Crippen LogP contribution is 2.13. The van der Waals surface area contributed by atoms with Gasteiger partial charge in [0.2, 0.25) is 0 Å². The molecule has 0 spiro atoms. The number of nitrogens with zero attached hydrogens (tertiary/aromatic N) is 1. The molecule has 1 heterocycles. The monoisotopic (exact) mass is 374 g/mol. The van der Waals surface area contributed by atoms with Crippen molar-refractivity contribution in [1.29, 1.82) is 0 Å². The largest absolute Gasteiger partial charge is 0.205 e. The van der Waals surface area contributed by atoms with Crippen LogP contribution in [-0.2, 0) is 13.0 Å². The summed E-state index contributed by atoms with van der Waals surface area (Å²) in [5, 5.41) is 0. The van der Waals surface area contributed by atoms with Gasteiger partial charge >= 0.3 is 0 Å². The van der Waals surface area contributed by atoms with Crippen LogP contribution in [-0.4, -0.2) is 0 Å². The molecule has 1 aromatic rings. The Bertz CT molecular complexity index is 409. The van der Waals surface area contributed by atoms with Crippen molar-refractivity contribution >= 4 is 0 Å². The second kappa shape index (κ2) is 18.5. The third kappa shape index (κ3) is 14.8. The van der Waals surface area contributed by atoms with Crippen molar-refractivity contribution in [2.45, 2.75) is 136 Å². The lowest BCUT2D eigenvalue weighted by molar-refractivity contribution is -0.697. The van der Waals surface area contributed by atoms with Crippen LogP contribution in [0.25, 0.3) is 0 Å². The summed E-state index contributed by atoms with van der Waals surface area (Å²) in [6.07, 6.45) is 29.9. The Morgan fingerprint density at radius 2 is 0.926 bits per heavy atom. The molecule has 1 rings (SSSR count). The van der Waals surface area contributed by atoms with E-state index in [1.165, 1.54) is 128 Å². The number of aromatic nitrogens is 1. The number of rotatable bonds is 19. The summed E-state index contributed by atoms with van der Waals surface area (Å²) in [5.41, 5.74) is 1.51. The van der Waals surface area contributed by atoms with E-state index < -0.39 is 0 Å². The second-order valence-electron chi connectivity index (χ2n) is 8.50. The van der Waals surface area contributed by atoms with Gasteiger partial charge < -0.3 is 0 Å². The molecule has 0 saturated heterocycles. The minimum atomic E-state index is 1.17. The molecule has 1 heteroatoms. The molecule has 1 aromatic heterocycles. The summed E-state index contributed by atoms with van der Waals surface area (Å²) in [6, 6.07) is 4.66. The summed E-state index contributed by atoms with van der Waals surface area (Å²) >= 11 is 0. The maximum Gasteiger partial charge on any atom is 0.169 e. The highest BCUT2D eigenvalue weighted by molar-refractivity contribution is 5.07. The molecule has 156 valence electrons. The zero-order valence-electron chi connectivity index (χ0n) is 18.7. The molecule has 0 aliphatic rings. The third-order valence-corrected chi connectivity index (χ3v) is 5.80. The van der Waals surface area contributed by atoms with Crippen molar-refractivity contribution in [3.8, 4) is 0 Å². The molecular formula is C26H48N+. The highest BCUT2D eigenvalue weighted by atomic mass is 14.9. The molecule has 0 aliphatic heterocycles. The summed E-state index contributed by atoms with van der Waals surface area (Å²) in [7, 11) is 0. The number of pyridine rings is 1. The SMILES string of the molecule is CCCCCCCCCCCCCCCCc1cc[n+](CCCCC)cc1. The fraction of sp³-hybridized carbons (Fsp3) is 0.808. The van der Waals surface area contributed by atoms with Gasteiger partial charge in [-0.3, -0.25) is 0 Å². The van der Waals surface area contributed by atoms with Crippen molar-refractivity contribution < 1.29 is 4.57 Å². The Hall–Kier alpha value is -0.850. The molecule has 0 radical (unpaired) electrons. The Morgan fingerprint density at radius 3 is 1.41 bits per heavy atom. The topological polar surface area (TPSA) is 3.88 Å². The summed E-state index contributed by atoms with van der Waals surface area (Å²) < 4.78 is 2.34. The van der Waals surface area contributed by atoms with E-state index in [0.29, 0.717) is 0 Å². The van der Waals surface area contributed by atoms with Crippen LogP contribution in [0.1, 0.15) is 129 Å². The van der Waals surface area contributed by atoms with Gasteiger partial charge in [0.25, 0.3) is 0 Å². The summed E-state index contributed by atoms with van der Waals surface area (Å²) in [4.78, 5) is 0. The van der Waals surface area contributed by atoms with Gasteiger partial charge in [-0.15, -0.1) is 0 Å². The van der Waals surface area contributed by atoms with Crippen molar-refractivity contribution in [3.05, 3.63) is 30.1 Å². The van der Waals surface area contributed by atoms with Gasteiger partial charge in [0.15, 0.2) is 12.4 Å². The smallest absolute Gasteiger partial charge is 0.169 e. The zero-order chi connectivity index (χ0) is 19.4. The lowest BCUT2D eigenvalue weighted by Gasteiger charge is -2.04. The van der Waals surface area contributed by atoms with Crippen LogP contribution >= 0.6 is 0 Å². The number of hydrogen-bond acceptors (Lipinski definition) is 0. The lowest BCUT2D eigenvalue weighted by atomic mass is 10.0. The molecule has 0 saturated carbocycles. The van der Waals surface area contributed by atoms with Crippen LogP contribution < -0.4 is 4.57 Å². The van der Waals surface area contributed by atoms with E-state index in [4.69, 9.17) is 0 Å². The molecule has 0 amide bonds. The predicted octanol–water partition coefficient (Wildman–Crippen LogP) is 8.19. The van der Waals surface area contributed by atoms with Crippen LogP contribution in [0.4, 0.5) is 0 Å². The maximum absolute atomic E-state index is 2.34. The zero-order valence-corrected chi connectivity index (χ0v) is 18.7. The highest BCUT2D eigenvalue weighted by Gasteiger charge is 2.01. The van der Waals surface area contributed by atoms with Gasteiger partial charge in [0, 0.05) is 18.6 Å². The standard InChI is InChI=1S/C26H48N/c1-3-5-7-8-9-10-11-12-13-14-15-16-17-18-20-26-21-24-27(25-22-26)23-19-6-4-2/h21-22,24-25H,3-20,23H2,1-2H3/q+1. The normalized spacial score (nSPS) is 11.2. The van der Waals surface area contributed by atoms with E-state index in [1.54, 1.807) is 0 Å². The average Bonchev–Trinajstić information content (AvgIpc) is 2.69. The van der Waals surface area contributed by atoms with Crippen molar-refractivity contribution in [2.24, 2.45) is 0 Å². The Balaban J connectivity index is 1.86. The first-order chi connectivity index (χ1) is 13.4. The molecule has 0 atom stereocenters. The van der Waals surface area contributed by atoms with Crippen LogP contribution in [0, 0.1) is 0 Å². The van der Waals surface area contributed by atoms with Gasteiger partial charge in [-0.25, -0.2) is 4.57 Å². The molecule has 1 nitrogen and oxygen atoms in total. The fourth-order valence-electron chi connectivity index (χ4n) is 3.87. The minimum absolute atomic E-state index is 1.17. The lowest BCUT2D eigenvalue weighted by Crippen LogP contribution is -2.32. The van der Waals surface area contributed by atoms with Crippen molar-refractivity contribution in [2.75, 3.05) is 0 Å². The van der Waals surface area contributed by atoms with Gasteiger partial charge in [0.05, 0.1) is 0 Å². The summed E-state index contributed by atoms with van der Waals surface area (Å²) in [6.45, 7) is 5.74. The number of hydrogen-bond donors (Lipinski definition) is 0. The van der Waals surface area contributed by atoms with Crippen LogP contribution in [0.15, 0.2) is 24.5 Å². The molecule has 27 heavy (non-hydrogen) atoms. The first-order valence-corrected chi connectivity index (χ1v) is 12.3. The van der Waals surface area contributed by atoms with E-state index in [9.17, 15) is 0 Å². The first kappa shape index (κ1) is 24.2. The van der Waals surface area contributed by atoms with Gasteiger partial charge in [0.1, 0.15) is 6.54 Å². The van der Waals surface area contributed by atoms with E-state index in [1.807, 2.05) is 0 Å². The van der Waals surface area contributed by atoms with Crippen molar-refractivity contribution in [1.82, 2.24) is 0 Å². The molecule has 0 aromatic carbocycles. The fourth-order valence-corrected chi connectivity index (χ4v) is 3.87. The van der Waals surface area contributed by atoms with Crippen molar-refractivity contribution in [3.63, 3.8) is 0 Å². The molecule has 0 N–H and O–H groups in total. The van der Waals surface area contributed by atoms with Gasteiger partial charge in [-0.05, 0) is 24.8 Å². The van der Waals surface area contributed by atoms with E-state index in [-0.39, 0.29) is 0 Å². The molecule has 0 fully saturated rings. The first-order valence-electron chi connectivity index (χ1n) is 12.3. The minimum Gasteiger partial charge on any atom is -0.205 e. The number of aryl methyl sites for hydroxylation is 2. The molecule has 0 bridgehead atoms. The second-order valence-corrected chi connectivity index (χ2v) is 8.50. The van der Waals surface area contributed by atoms with Gasteiger partial charge in [-0.2, -0.15) is 0 Å². The van der Waals surface area contributed by atoms with E-state index >= 15 is 0 Å². The van der Waals surface area contributed by atoms with E-state index in [2.05, 4.69) is 42.9 Å². The molecule has 0 unspecified atom stereocenters. The van der Waals surface area contributed by atoms with Crippen LogP contribution in [0.3, 0.4) is 0 Å². The quantitative estimate of drug-likeness (QED) is 0.170. The van der Waals surface area contributed by atoms with E-state index in [0.717, 1.165) is 0 Å². The Morgan fingerprint density at radius 1 is 0.519 bits per heavy atom.